The van der Waals surface area contributed by atoms with E-state index < -0.39 is 14.9 Å². The molecule has 0 aliphatic carbocycles. The van der Waals surface area contributed by atoms with Gasteiger partial charge in [-0.3, -0.25) is 9.37 Å². The van der Waals surface area contributed by atoms with Gasteiger partial charge in [-0.25, -0.2) is 4.98 Å². The summed E-state index contributed by atoms with van der Waals surface area (Å²) in [6.07, 6.45) is 1.93. The summed E-state index contributed by atoms with van der Waals surface area (Å²) in [6, 6.07) is 48.8. The third-order valence-corrected chi connectivity index (χ3v) is 14.1. The molecule has 11 rings (SSSR count). The van der Waals surface area contributed by atoms with Gasteiger partial charge in [0, 0.05) is 47.3 Å². The average Bonchev–Trinajstić information content (AvgIpc) is 4.01. The van der Waals surface area contributed by atoms with E-state index in [9.17, 15) is 4.39 Å². The summed E-state index contributed by atoms with van der Waals surface area (Å²) >= 11 is 0. The van der Waals surface area contributed by atoms with Crippen LogP contribution in [0.25, 0.3) is 94.6 Å². The van der Waals surface area contributed by atoms with Gasteiger partial charge in [-0.05, 0) is 93.1 Å². The molecule has 0 N–H and O–H groups in total. The van der Waals surface area contributed by atoms with E-state index >= 15 is 0 Å². The molecule has 6 nitrogen and oxygen atoms in total. The molecule has 6 aromatic carbocycles. The molecule has 331 valence electrons. The Morgan fingerprint density at radius 1 is 0.712 bits per heavy atom. The number of hydrogen-bond acceptors (Lipinski definition) is 5. The van der Waals surface area contributed by atoms with Gasteiger partial charge in [0.2, 0.25) is 5.71 Å². The molecule has 0 fully saturated rings. The van der Waals surface area contributed by atoms with Crippen LogP contribution in [0.3, 0.4) is 0 Å². The van der Waals surface area contributed by atoms with Gasteiger partial charge in [-0.15, -0.1) is 48.0 Å². The second-order valence-electron chi connectivity index (χ2n) is 18.2. The summed E-state index contributed by atoms with van der Waals surface area (Å²) in [5, 5.41) is 3.96. The van der Waals surface area contributed by atoms with Gasteiger partial charge in [0.1, 0.15) is 16.7 Å². The van der Waals surface area contributed by atoms with Crippen molar-refractivity contribution in [3.8, 4) is 39.5 Å². The molecule has 0 saturated heterocycles. The number of imidazole rings is 1. The van der Waals surface area contributed by atoms with Crippen molar-refractivity contribution in [1.82, 2.24) is 19.5 Å². The topological polar surface area (TPSA) is 69.9 Å². The Hall–Kier alpha value is -6.51. The normalized spacial score (nSPS) is 12.7. The Balaban J connectivity index is 0.000000279. The molecule has 0 saturated carbocycles. The van der Waals surface area contributed by atoms with E-state index in [0.29, 0.717) is 44.8 Å². The van der Waals surface area contributed by atoms with E-state index in [1.165, 1.54) is 17.3 Å². The van der Waals surface area contributed by atoms with Gasteiger partial charge in [-0.2, -0.15) is 0 Å². The first-order chi connectivity index (χ1) is 32.5. The minimum absolute atomic E-state index is 0. The largest absolute Gasteiger partial charge is 0.499 e. The Bertz CT molecular complexity index is 3640. The molecular weight excluding hydrogens is 1010 g/mol. The first kappa shape index (κ1) is 41.0. The van der Waals surface area contributed by atoms with Crippen molar-refractivity contribution in [2.24, 2.45) is 0 Å². The first-order valence-corrected chi connectivity index (χ1v) is 25.5. The molecule has 0 bridgehead atoms. The SMILES string of the molecule is C[Si](C)(C)c1ccc(-c2[c-]cc(F)cc2)nc1.[2H]C([2H])([2H])c1cccc2nc(-c3[c-]ccc4c3oc3cc5c(nc34)oc3ccccc35)n(-c3c(C(C)C)cc(-c4ccccc4)cc3C(C)C)c12.[Ir]. The average molecular weight is 1060 g/mol. The molecule has 1 radical (unpaired) electrons. The van der Waals surface area contributed by atoms with Crippen LogP contribution in [0, 0.1) is 24.8 Å². The molecule has 66 heavy (non-hydrogen) atoms. The van der Waals surface area contributed by atoms with Crippen molar-refractivity contribution in [3.05, 3.63) is 174 Å². The van der Waals surface area contributed by atoms with Crippen molar-refractivity contribution in [2.75, 3.05) is 0 Å². The molecule has 0 amide bonds. The molecular formula is C57H49FIrN4O2Si-2. The zero-order chi connectivity index (χ0) is 47.6. The Labute approximate surface area is 403 Å². The van der Waals surface area contributed by atoms with E-state index in [-0.39, 0.29) is 43.3 Å². The standard InChI is InChI=1S/C43H34N3O2.C14H15FNSi.Ir/c1-24(2)32-21-28(27-14-7-6-8-15-27)22-33(25(3)4)40(32)46-39-26(5)13-11-19-35(39)44-42(46)31-18-12-17-30-38-37(47-41(30)31)23-34-29-16-9-10-20-36(29)48-43(34)45-38;1-17(2,3)13-8-9-14(16-10-13)11-4-6-12(15)7-5-11;/h6-17,19-25H,1-5H3;4,6-10H,1-3H3;/q2*-1;/i5D3;;. The van der Waals surface area contributed by atoms with E-state index in [2.05, 4.69) is 111 Å². The smallest absolute Gasteiger partial charge is 0.228 e. The maximum absolute atomic E-state index is 12.8. The van der Waals surface area contributed by atoms with Crippen molar-refractivity contribution in [3.63, 3.8) is 0 Å². The zero-order valence-corrected chi connectivity index (χ0v) is 41.1. The number of rotatable bonds is 7. The predicted octanol–water partition coefficient (Wildman–Crippen LogP) is 15.1. The molecule has 5 aromatic heterocycles. The fraction of sp³-hybridized carbons (Fsp3) is 0.175. The van der Waals surface area contributed by atoms with Crippen LogP contribution in [0.15, 0.2) is 148 Å². The van der Waals surface area contributed by atoms with E-state index in [4.69, 9.17) is 22.9 Å². The van der Waals surface area contributed by atoms with Gasteiger partial charge in [0.25, 0.3) is 0 Å². The van der Waals surface area contributed by atoms with E-state index in [0.717, 1.165) is 60.9 Å². The van der Waals surface area contributed by atoms with E-state index in [1.807, 2.05) is 66.9 Å². The summed E-state index contributed by atoms with van der Waals surface area (Å²) in [5.74, 6) is 0.489. The van der Waals surface area contributed by atoms with Crippen LogP contribution >= 0.6 is 0 Å². The number of hydrogen-bond donors (Lipinski definition) is 0. The maximum Gasteiger partial charge on any atom is 0.228 e. The molecule has 0 aliphatic rings. The molecule has 0 spiro atoms. The Morgan fingerprint density at radius 2 is 1.47 bits per heavy atom. The third kappa shape index (κ3) is 8.10. The predicted molar refractivity (Wildman–Crippen MR) is 267 cm³/mol. The van der Waals surface area contributed by atoms with Gasteiger partial charge in [0.05, 0.1) is 35.9 Å². The third-order valence-electron chi connectivity index (χ3n) is 12.1. The number of aromatic nitrogens is 4. The summed E-state index contributed by atoms with van der Waals surface area (Å²) in [5.41, 5.74) is 12.2. The van der Waals surface area contributed by atoms with Gasteiger partial charge >= 0.3 is 0 Å². The number of pyridine rings is 2. The molecule has 5 heterocycles. The van der Waals surface area contributed by atoms with Crippen LogP contribution in [0.2, 0.25) is 19.6 Å². The second-order valence-corrected chi connectivity index (χ2v) is 23.3. The molecule has 0 aliphatic heterocycles. The summed E-state index contributed by atoms with van der Waals surface area (Å²) in [6.45, 7) is 13.2. The number of fused-ring (bicyclic) bond motifs is 7. The minimum Gasteiger partial charge on any atom is -0.499 e. The Kier molecular flexibility index (Phi) is 11.0. The van der Waals surface area contributed by atoms with Crippen molar-refractivity contribution in [2.45, 2.75) is 66.0 Å². The molecule has 11 aromatic rings. The van der Waals surface area contributed by atoms with Gasteiger partial charge in [0.15, 0.2) is 0 Å². The monoisotopic (exact) mass is 1060 g/mol. The summed E-state index contributed by atoms with van der Waals surface area (Å²) < 4.78 is 53.5. The van der Waals surface area contributed by atoms with Crippen LogP contribution in [-0.4, -0.2) is 27.6 Å². The summed E-state index contributed by atoms with van der Waals surface area (Å²) in [7, 11) is -1.30. The number of aryl methyl sites for hydroxylation is 1. The fourth-order valence-electron chi connectivity index (χ4n) is 8.64. The number of para-hydroxylation sites is 2. The van der Waals surface area contributed by atoms with Crippen LogP contribution < -0.4 is 5.19 Å². The summed E-state index contributed by atoms with van der Waals surface area (Å²) in [4.78, 5) is 14.6. The van der Waals surface area contributed by atoms with Crippen molar-refractivity contribution < 1.29 is 37.4 Å². The van der Waals surface area contributed by atoms with Crippen LogP contribution in [-0.2, 0) is 20.1 Å². The Morgan fingerprint density at radius 3 is 2.15 bits per heavy atom. The number of nitrogens with zero attached hydrogens (tertiary/aromatic N) is 4. The van der Waals surface area contributed by atoms with E-state index in [1.54, 1.807) is 18.2 Å². The number of benzene rings is 6. The van der Waals surface area contributed by atoms with Crippen LogP contribution in [0.1, 0.15) is 60.3 Å². The molecule has 0 atom stereocenters. The van der Waals surface area contributed by atoms with Crippen molar-refractivity contribution >= 4 is 68.4 Å². The first-order valence-electron chi connectivity index (χ1n) is 23.5. The number of furan rings is 2. The fourth-order valence-corrected chi connectivity index (χ4v) is 9.68. The molecule has 9 heteroatoms. The minimum atomic E-state index is -2.38. The van der Waals surface area contributed by atoms with Gasteiger partial charge < -0.3 is 18.4 Å². The van der Waals surface area contributed by atoms with Crippen molar-refractivity contribution in [1.29, 1.82) is 0 Å². The zero-order valence-electron chi connectivity index (χ0n) is 40.8. The maximum atomic E-state index is 12.8. The van der Waals surface area contributed by atoms with Gasteiger partial charge in [-0.1, -0.05) is 126 Å². The van der Waals surface area contributed by atoms with Crippen LogP contribution in [0.4, 0.5) is 4.39 Å². The second kappa shape index (κ2) is 17.7. The van der Waals surface area contributed by atoms with Crippen LogP contribution in [0.5, 0.6) is 0 Å². The number of halogens is 1. The molecule has 0 unspecified atom stereocenters. The quantitative estimate of drug-likeness (QED) is 0.117.